The largest absolute Gasteiger partial charge is 0.507 e. The minimum Gasteiger partial charge on any atom is -0.507 e. The average Bonchev–Trinajstić information content (AvgIpc) is 2.85. The summed E-state index contributed by atoms with van der Waals surface area (Å²) in [7, 11) is -3.79. The Morgan fingerprint density at radius 2 is 1.53 bits per heavy atom. The molecule has 3 aromatic rings. The summed E-state index contributed by atoms with van der Waals surface area (Å²) in [6.07, 6.45) is 1.47. The Hall–Kier alpha value is -3.87. The summed E-state index contributed by atoms with van der Waals surface area (Å²) in [6, 6.07) is 14.3. The second-order valence-corrected chi connectivity index (χ2v) is 8.70. The maximum absolute atomic E-state index is 12.3. The van der Waals surface area contributed by atoms with Gasteiger partial charge in [0.2, 0.25) is 0 Å². The van der Waals surface area contributed by atoms with E-state index in [1.54, 1.807) is 12.1 Å². The first-order valence-electron chi connectivity index (χ1n) is 10.3. The molecule has 12 heteroatoms. The molecule has 0 saturated carbocycles. The fraction of sp³-hybridized carbons (Fsp3) is 0.182. The first-order valence-corrected chi connectivity index (χ1v) is 11.8. The summed E-state index contributed by atoms with van der Waals surface area (Å²) in [6.45, 7) is 4.56. The number of sulfonamides is 1. The molecule has 0 amide bonds. The minimum atomic E-state index is -3.79. The van der Waals surface area contributed by atoms with E-state index in [9.17, 15) is 18.3 Å². The van der Waals surface area contributed by atoms with Crippen molar-refractivity contribution in [3.05, 3.63) is 72.4 Å². The number of phenols is 1. The third kappa shape index (κ3) is 7.33. The Morgan fingerprint density at radius 1 is 0.912 bits per heavy atom. The molecule has 5 N–H and O–H groups in total. The van der Waals surface area contributed by atoms with Crippen LogP contribution in [0.3, 0.4) is 0 Å². The van der Waals surface area contributed by atoms with Crippen LogP contribution in [-0.4, -0.2) is 55.8 Å². The molecule has 1 aliphatic heterocycles. The molecule has 0 aliphatic carbocycles. The number of aromatic carboxylic acids is 1. The lowest BCUT2D eigenvalue weighted by molar-refractivity contribution is 0.0693. The Bertz CT molecular complexity index is 1220. The van der Waals surface area contributed by atoms with Crippen molar-refractivity contribution in [2.24, 2.45) is 10.2 Å². The highest BCUT2D eigenvalue weighted by atomic mass is 32.2. The van der Waals surface area contributed by atoms with Gasteiger partial charge in [0.05, 0.1) is 16.3 Å². The highest BCUT2D eigenvalue weighted by molar-refractivity contribution is 7.92. The Balaban J connectivity index is 0.000000469. The van der Waals surface area contributed by atoms with Crippen molar-refractivity contribution in [2.75, 3.05) is 30.9 Å². The van der Waals surface area contributed by atoms with Gasteiger partial charge >= 0.3 is 5.97 Å². The zero-order valence-electron chi connectivity index (χ0n) is 18.0. The van der Waals surface area contributed by atoms with Gasteiger partial charge in [-0.2, -0.15) is 10.2 Å². The van der Waals surface area contributed by atoms with Crippen LogP contribution >= 0.6 is 0 Å². The topological polar surface area (TPSA) is 165 Å². The van der Waals surface area contributed by atoms with Gasteiger partial charge in [0.25, 0.3) is 10.0 Å². The average molecular weight is 485 g/mol. The van der Waals surface area contributed by atoms with E-state index >= 15 is 0 Å². The number of carbonyl (C=O) groups is 1. The summed E-state index contributed by atoms with van der Waals surface area (Å²) in [4.78, 5) is 14.9. The first kappa shape index (κ1) is 24.8. The van der Waals surface area contributed by atoms with E-state index in [0.717, 1.165) is 26.2 Å². The highest BCUT2D eigenvalue weighted by Gasteiger charge is 2.14. The first-order chi connectivity index (χ1) is 16.3. The van der Waals surface area contributed by atoms with Gasteiger partial charge in [-0.3, -0.25) is 4.72 Å². The van der Waals surface area contributed by atoms with E-state index in [1.807, 2.05) is 0 Å². The number of pyridine rings is 1. The molecule has 1 aliphatic rings. The molecule has 34 heavy (non-hydrogen) atoms. The van der Waals surface area contributed by atoms with Gasteiger partial charge in [-0.05, 0) is 54.6 Å². The molecule has 0 bridgehead atoms. The number of azo groups is 1. The monoisotopic (exact) mass is 484 g/mol. The standard InChI is InChI=1S/C18H14N4O5S.C4H10N2/c23-16-9-6-13(11-15(16)18(24)25)21-20-12-4-7-14(8-5-12)28(26,27)22-17-3-1-2-10-19-17;1-2-6-4-3-5-1/h1-11,23H,(H,19,22)(H,24,25);5-6H,1-4H2/b21-20+;. The fourth-order valence-electron chi connectivity index (χ4n) is 2.79. The van der Waals surface area contributed by atoms with Crippen molar-refractivity contribution in [1.82, 2.24) is 15.6 Å². The second kappa shape index (κ2) is 11.8. The van der Waals surface area contributed by atoms with E-state index in [-0.39, 0.29) is 27.7 Å². The molecular weight excluding hydrogens is 460 g/mol. The van der Waals surface area contributed by atoms with Crippen LogP contribution in [0.25, 0.3) is 0 Å². The molecule has 178 valence electrons. The van der Waals surface area contributed by atoms with Crippen LogP contribution < -0.4 is 15.4 Å². The van der Waals surface area contributed by atoms with E-state index in [0.29, 0.717) is 5.69 Å². The number of hydrogen-bond donors (Lipinski definition) is 5. The van der Waals surface area contributed by atoms with Crippen molar-refractivity contribution in [3.8, 4) is 5.75 Å². The normalized spacial score (nSPS) is 13.6. The van der Waals surface area contributed by atoms with Crippen LogP contribution in [0.2, 0.25) is 0 Å². The fourth-order valence-corrected chi connectivity index (χ4v) is 3.80. The van der Waals surface area contributed by atoms with E-state index < -0.39 is 16.0 Å². The van der Waals surface area contributed by atoms with Gasteiger partial charge < -0.3 is 20.8 Å². The highest BCUT2D eigenvalue weighted by Crippen LogP contribution is 2.26. The predicted molar refractivity (Wildman–Crippen MR) is 126 cm³/mol. The number of aromatic nitrogens is 1. The Labute approximate surface area is 196 Å². The smallest absolute Gasteiger partial charge is 0.339 e. The van der Waals surface area contributed by atoms with Crippen molar-refractivity contribution in [1.29, 1.82) is 0 Å². The molecule has 4 rings (SSSR count). The maximum atomic E-state index is 12.3. The summed E-state index contributed by atoms with van der Waals surface area (Å²) >= 11 is 0. The van der Waals surface area contributed by atoms with Crippen LogP contribution in [0.4, 0.5) is 17.2 Å². The molecule has 1 fully saturated rings. The molecule has 0 unspecified atom stereocenters. The number of nitrogens with zero attached hydrogens (tertiary/aromatic N) is 3. The molecule has 0 radical (unpaired) electrons. The van der Waals surface area contributed by atoms with Gasteiger partial charge in [0.1, 0.15) is 17.1 Å². The van der Waals surface area contributed by atoms with Crippen molar-refractivity contribution in [2.45, 2.75) is 4.90 Å². The number of anilines is 1. The van der Waals surface area contributed by atoms with Crippen LogP contribution in [0.15, 0.2) is 82.0 Å². The molecule has 1 saturated heterocycles. The van der Waals surface area contributed by atoms with Gasteiger partial charge in [0, 0.05) is 32.4 Å². The third-order valence-corrected chi connectivity index (χ3v) is 5.87. The molecule has 2 aromatic carbocycles. The second-order valence-electron chi connectivity index (χ2n) is 7.02. The lowest BCUT2D eigenvalue weighted by Gasteiger charge is -2.11. The zero-order chi connectivity index (χ0) is 24.4. The quantitative estimate of drug-likeness (QED) is 0.333. The Kier molecular flexibility index (Phi) is 8.62. The number of aromatic hydroxyl groups is 1. The van der Waals surface area contributed by atoms with Crippen LogP contribution in [0.1, 0.15) is 10.4 Å². The number of nitrogens with one attached hydrogen (secondary N) is 3. The summed E-state index contributed by atoms with van der Waals surface area (Å²) in [5, 5.41) is 32.7. The van der Waals surface area contributed by atoms with Crippen LogP contribution in [0.5, 0.6) is 5.75 Å². The molecule has 0 spiro atoms. The number of carboxylic acids is 1. The number of rotatable bonds is 6. The predicted octanol–water partition coefficient (Wildman–Crippen LogP) is 2.88. The van der Waals surface area contributed by atoms with Crippen LogP contribution in [-0.2, 0) is 10.0 Å². The summed E-state index contributed by atoms with van der Waals surface area (Å²) in [5.74, 6) is -1.46. The zero-order valence-corrected chi connectivity index (χ0v) is 18.9. The lowest BCUT2D eigenvalue weighted by atomic mass is 10.2. The minimum absolute atomic E-state index is 0.0231. The van der Waals surface area contributed by atoms with E-state index in [4.69, 9.17) is 5.11 Å². The number of hydrogen-bond acceptors (Lipinski definition) is 9. The van der Waals surface area contributed by atoms with E-state index in [1.165, 1.54) is 54.7 Å². The molecular formula is C22H24N6O5S. The summed E-state index contributed by atoms with van der Waals surface area (Å²) < 4.78 is 27.0. The summed E-state index contributed by atoms with van der Waals surface area (Å²) in [5.41, 5.74) is 0.295. The SMILES string of the molecule is C1CNCCN1.O=C(O)c1cc(/N=N/c2ccc(S(=O)(=O)Nc3ccccn3)cc2)ccc1O. The van der Waals surface area contributed by atoms with Gasteiger partial charge in [-0.25, -0.2) is 18.2 Å². The van der Waals surface area contributed by atoms with Crippen molar-refractivity contribution in [3.63, 3.8) is 0 Å². The van der Waals surface area contributed by atoms with Gasteiger partial charge in [0.15, 0.2) is 0 Å². The van der Waals surface area contributed by atoms with Crippen molar-refractivity contribution < 1.29 is 23.4 Å². The third-order valence-electron chi connectivity index (χ3n) is 4.50. The molecule has 2 heterocycles. The molecule has 1 aromatic heterocycles. The van der Waals surface area contributed by atoms with Gasteiger partial charge in [-0.15, -0.1) is 0 Å². The van der Waals surface area contributed by atoms with Gasteiger partial charge in [-0.1, -0.05) is 6.07 Å². The van der Waals surface area contributed by atoms with E-state index in [2.05, 4.69) is 30.6 Å². The van der Waals surface area contributed by atoms with Crippen molar-refractivity contribution >= 4 is 33.2 Å². The maximum Gasteiger partial charge on any atom is 0.339 e. The number of piperazine rings is 1. The molecule has 0 atom stereocenters. The Morgan fingerprint density at radius 3 is 2.09 bits per heavy atom. The number of benzene rings is 2. The lowest BCUT2D eigenvalue weighted by Crippen LogP contribution is -2.39. The molecule has 11 nitrogen and oxygen atoms in total. The number of carboxylic acid groups (broad SMARTS) is 1. The van der Waals surface area contributed by atoms with Crippen LogP contribution in [0, 0.1) is 0 Å².